The molecule has 1 aliphatic heterocycles. The Labute approximate surface area is 215 Å². The normalized spacial score (nSPS) is 18.4. The molecule has 12 heteroatoms. The lowest BCUT2D eigenvalue weighted by Crippen LogP contribution is -2.57. The Morgan fingerprint density at radius 3 is 2.35 bits per heavy atom. The lowest BCUT2D eigenvalue weighted by Gasteiger charge is -2.30. The number of primary amides is 1. The van der Waals surface area contributed by atoms with E-state index in [4.69, 9.17) is 11.5 Å². The SMILES string of the molecule is CCC(C)C(NC(=O)C1CCCN1C(=O)C(CCC(N)=O)NC(=O)C(N)Cc1ccc(O)cc1)C(=O)O. The summed E-state index contributed by atoms with van der Waals surface area (Å²) in [7, 11) is 0. The highest BCUT2D eigenvalue weighted by atomic mass is 16.4. The average molecular weight is 520 g/mol. The number of carbonyl (C=O) groups excluding carboxylic acids is 4. The molecule has 5 unspecified atom stereocenters. The van der Waals surface area contributed by atoms with Crippen LogP contribution in [0.15, 0.2) is 24.3 Å². The van der Waals surface area contributed by atoms with Gasteiger partial charge in [0.25, 0.3) is 0 Å². The smallest absolute Gasteiger partial charge is 0.326 e. The lowest BCUT2D eigenvalue weighted by molar-refractivity contribution is -0.146. The molecule has 12 nitrogen and oxygen atoms in total. The van der Waals surface area contributed by atoms with Crippen molar-refractivity contribution in [2.24, 2.45) is 17.4 Å². The Morgan fingerprint density at radius 2 is 1.78 bits per heavy atom. The third kappa shape index (κ3) is 8.45. The summed E-state index contributed by atoms with van der Waals surface area (Å²) in [6.45, 7) is 3.77. The van der Waals surface area contributed by atoms with E-state index in [0.717, 1.165) is 0 Å². The first-order chi connectivity index (χ1) is 17.4. The van der Waals surface area contributed by atoms with Crippen molar-refractivity contribution in [1.82, 2.24) is 15.5 Å². The number of carbonyl (C=O) groups is 5. The van der Waals surface area contributed by atoms with Crippen molar-refractivity contribution in [1.29, 1.82) is 0 Å². The number of aliphatic carboxylic acids is 1. The second-order valence-corrected chi connectivity index (χ2v) is 9.44. The van der Waals surface area contributed by atoms with Gasteiger partial charge in [-0.3, -0.25) is 19.2 Å². The number of carboxylic acid groups (broad SMARTS) is 1. The van der Waals surface area contributed by atoms with Crippen LogP contribution in [0.25, 0.3) is 0 Å². The molecule has 0 saturated carbocycles. The molecule has 1 saturated heterocycles. The summed E-state index contributed by atoms with van der Waals surface area (Å²) in [6.07, 6.45) is 1.27. The van der Waals surface area contributed by atoms with Crippen molar-refractivity contribution in [2.45, 2.75) is 76.5 Å². The maximum atomic E-state index is 13.4. The van der Waals surface area contributed by atoms with Crippen LogP contribution in [0, 0.1) is 5.92 Å². The van der Waals surface area contributed by atoms with E-state index in [-0.39, 0.29) is 37.5 Å². The molecular formula is C25H37N5O7. The van der Waals surface area contributed by atoms with Gasteiger partial charge in [0.1, 0.15) is 23.9 Å². The van der Waals surface area contributed by atoms with E-state index in [2.05, 4.69) is 10.6 Å². The molecule has 1 fully saturated rings. The zero-order chi connectivity index (χ0) is 27.7. The summed E-state index contributed by atoms with van der Waals surface area (Å²) in [6, 6.07) is 2.00. The Balaban J connectivity index is 2.14. The quantitative estimate of drug-likeness (QED) is 0.202. The maximum absolute atomic E-state index is 13.4. The van der Waals surface area contributed by atoms with Crippen LogP contribution >= 0.6 is 0 Å². The van der Waals surface area contributed by atoms with Gasteiger partial charge in [0, 0.05) is 13.0 Å². The molecule has 0 aliphatic carbocycles. The molecular weight excluding hydrogens is 482 g/mol. The van der Waals surface area contributed by atoms with Crippen molar-refractivity contribution < 1.29 is 34.2 Å². The third-order valence-corrected chi connectivity index (χ3v) is 6.64. The second-order valence-electron chi connectivity index (χ2n) is 9.44. The molecule has 2 rings (SSSR count). The number of nitrogens with two attached hydrogens (primary N) is 2. The van der Waals surface area contributed by atoms with E-state index in [1.807, 2.05) is 6.92 Å². The summed E-state index contributed by atoms with van der Waals surface area (Å²) >= 11 is 0. The molecule has 204 valence electrons. The molecule has 1 aliphatic rings. The van der Waals surface area contributed by atoms with Crippen LogP contribution in [-0.2, 0) is 30.4 Å². The molecule has 5 atom stereocenters. The predicted octanol–water partition coefficient (Wildman–Crippen LogP) is -0.381. The summed E-state index contributed by atoms with van der Waals surface area (Å²) in [5, 5.41) is 24.1. The number of amides is 4. The highest BCUT2D eigenvalue weighted by molar-refractivity contribution is 5.94. The average Bonchev–Trinajstić information content (AvgIpc) is 3.35. The van der Waals surface area contributed by atoms with Gasteiger partial charge < -0.3 is 37.2 Å². The van der Waals surface area contributed by atoms with Crippen molar-refractivity contribution in [3.63, 3.8) is 0 Å². The number of phenols is 1. The van der Waals surface area contributed by atoms with E-state index in [1.165, 1.54) is 17.0 Å². The first-order valence-electron chi connectivity index (χ1n) is 12.4. The fourth-order valence-corrected chi connectivity index (χ4v) is 4.24. The Hall–Kier alpha value is -3.67. The molecule has 37 heavy (non-hydrogen) atoms. The van der Waals surface area contributed by atoms with Crippen LogP contribution in [0.3, 0.4) is 0 Å². The Morgan fingerprint density at radius 1 is 1.14 bits per heavy atom. The highest BCUT2D eigenvalue weighted by Crippen LogP contribution is 2.21. The Bertz CT molecular complexity index is 984. The molecule has 0 radical (unpaired) electrons. The fraction of sp³-hybridized carbons (Fsp3) is 0.560. The second kappa shape index (κ2) is 13.6. The number of phenolic OH excluding ortho intramolecular Hbond substituents is 1. The van der Waals surface area contributed by atoms with Crippen LogP contribution in [0.5, 0.6) is 5.75 Å². The van der Waals surface area contributed by atoms with Crippen molar-refractivity contribution in [3.05, 3.63) is 29.8 Å². The zero-order valence-electron chi connectivity index (χ0n) is 21.2. The topological polar surface area (TPSA) is 205 Å². The molecule has 0 spiro atoms. The fourth-order valence-electron chi connectivity index (χ4n) is 4.24. The predicted molar refractivity (Wildman–Crippen MR) is 134 cm³/mol. The van der Waals surface area contributed by atoms with E-state index in [0.29, 0.717) is 24.8 Å². The number of nitrogens with one attached hydrogen (secondary N) is 2. The van der Waals surface area contributed by atoms with E-state index in [9.17, 15) is 34.2 Å². The summed E-state index contributed by atoms with van der Waals surface area (Å²) in [5.74, 6) is -3.84. The number of nitrogens with zero attached hydrogens (tertiary/aromatic N) is 1. The van der Waals surface area contributed by atoms with Crippen LogP contribution < -0.4 is 22.1 Å². The first-order valence-corrected chi connectivity index (χ1v) is 12.4. The minimum absolute atomic E-state index is 0.0712. The van der Waals surface area contributed by atoms with Crippen molar-refractivity contribution >= 4 is 29.6 Å². The molecule has 1 aromatic carbocycles. The van der Waals surface area contributed by atoms with Crippen LogP contribution in [0.2, 0.25) is 0 Å². The number of hydrogen-bond acceptors (Lipinski definition) is 7. The third-order valence-electron chi connectivity index (χ3n) is 6.64. The molecule has 1 aromatic rings. The minimum atomic E-state index is -1.16. The molecule has 1 heterocycles. The monoisotopic (exact) mass is 519 g/mol. The number of hydrogen-bond donors (Lipinski definition) is 6. The minimum Gasteiger partial charge on any atom is -0.508 e. The maximum Gasteiger partial charge on any atom is 0.326 e. The molecule has 4 amide bonds. The molecule has 8 N–H and O–H groups in total. The van der Waals surface area contributed by atoms with E-state index >= 15 is 0 Å². The Kier molecular flexibility index (Phi) is 10.9. The molecule has 0 aromatic heterocycles. The highest BCUT2D eigenvalue weighted by Gasteiger charge is 2.39. The van der Waals surface area contributed by atoms with Gasteiger partial charge in [-0.05, 0) is 49.3 Å². The van der Waals surface area contributed by atoms with Gasteiger partial charge in [-0.15, -0.1) is 0 Å². The van der Waals surface area contributed by atoms with E-state index < -0.39 is 53.8 Å². The zero-order valence-corrected chi connectivity index (χ0v) is 21.2. The molecule has 0 bridgehead atoms. The van der Waals surface area contributed by atoms with Gasteiger partial charge in [0.2, 0.25) is 23.6 Å². The number of carboxylic acids is 1. The number of aromatic hydroxyl groups is 1. The van der Waals surface area contributed by atoms with Crippen LogP contribution in [0.4, 0.5) is 0 Å². The summed E-state index contributed by atoms with van der Waals surface area (Å²) in [4.78, 5) is 63.6. The van der Waals surface area contributed by atoms with Crippen LogP contribution in [0.1, 0.15) is 51.5 Å². The standard InChI is InChI=1S/C25H37N5O7/c1-3-14(2)21(25(36)37)29-23(34)19-5-4-12-30(19)24(35)18(10-11-20(27)32)28-22(33)17(26)13-15-6-8-16(31)9-7-15/h6-9,14,17-19,21,31H,3-5,10-13,26H2,1-2H3,(H2,27,32)(H,28,33)(H,29,34)(H,36,37). The van der Waals surface area contributed by atoms with Gasteiger partial charge in [-0.2, -0.15) is 0 Å². The lowest BCUT2D eigenvalue weighted by atomic mass is 9.98. The van der Waals surface area contributed by atoms with Gasteiger partial charge in [-0.1, -0.05) is 32.4 Å². The first kappa shape index (κ1) is 29.6. The largest absolute Gasteiger partial charge is 0.508 e. The van der Waals surface area contributed by atoms with Crippen molar-refractivity contribution in [2.75, 3.05) is 6.54 Å². The summed E-state index contributed by atoms with van der Waals surface area (Å²) in [5.41, 5.74) is 12.0. The number of benzene rings is 1. The summed E-state index contributed by atoms with van der Waals surface area (Å²) < 4.78 is 0. The van der Waals surface area contributed by atoms with Crippen molar-refractivity contribution in [3.8, 4) is 5.75 Å². The van der Waals surface area contributed by atoms with Gasteiger partial charge in [0.15, 0.2) is 0 Å². The van der Waals surface area contributed by atoms with Gasteiger partial charge >= 0.3 is 5.97 Å². The number of likely N-dealkylation sites (tertiary alicyclic amines) is 1. The van der Waals surface area contributed by atoms with E-state index in [1.54, 1.807) is 19.1 Å². The van der Waals surface area contributed by atoms with Gasteiger partial charge in [-0.25, -0.2) is 4.79 Å². The van der Waals surface area contributed by atoms with Gasteiger partial charge in [0.05, 0.1) is 6.04 Å². The van der Waals surface area contributed by atoms with Crippen LogP contribution in [-0.4, -0.2) is 75.4 Å². The number of rotatable bonds is 13.